The van der Waals surface area contributed by atoms with E-state index >= 15 is 0 Å². The zero-order chi connectivity index (χ0) is 11.6. The third-order valence-corrected chi connectivity index (χ3v) is 3.57. The molecule has 0 heterocycles. The van der Waals surface area contributed by atoms with Crippen molar-refractivity contribution in [2.45, 2.75) is 77.7 Å². The summed E-state index contributed by atoms with van der Waals surface area (Å²) >= 11 is 0. The molecule has 0 aromatic carbocycles. The fourth-order valence-corrected chi connectivity index (χ4v) is 2.61. The van der Waals surface area contributed by atoms with Crippen LogP contribution in [0.4, 0.5) is 0 Å². The van der Waals surface area contributed by atoms with Crippen molar-refractivity contribution < 1.29 is 0 Å². The molecule has 0 fully saturated rings. The Hall–Kier alpha value is -0.300. The smallest absolute Gasteiger partial charge is 0.0279 e. The number of likely N-dealkylation sites (N-methyl/N-ethyl adjacent to an activating group) is 1. The first-order valence-corrected chi connectivity index (χ1v) is 7.30. The Morgan fingerprint density at radius 2 is 2.00 bits per heavy atom. The first-order chi connectivity index (χ1) is 7.88. The van der Waals surface area contributed by atoms with E-state index in [4.69, 9.17) is 0 Å². The van der Waals surface area contributed by atoms with Crippen molar-refractivity contribution in [2.75, 3.05) is 6.54 Å². The van der Waals surface area contributed by atoms with Crippen LogP contribution in [0, 0.1) is 0 Å². The molecule has 0 aromatic heterocycles. The van der Waals surface area contributed by atoms with Crippen molar-refractivity contribution in [1.82, 2.24) is 5.32 Å². The quantitative estimate of drug-likeness (QED) is 0.657. The molecule has 0 bridgehead atoms. The summed E-state index contributed by atoms with van der Waals surface area (Å²) in [5, 5.41) is 3.67. The van der Waals surface area contributed by atoms with Gasteiger partial charge in [0.2, 0.25) is 0 Å². The lowest BCUT2D eigenvalue weighted by molar-refractivity contribution is 0.497. The van der Waals surface area contributed by atoms with Crippen molar-refractivity contribution in [1.29, 1.82) is 0 Å². The van der Waals surface area contributed by atoms with Crippen LogP contribution in [0.5, 0.6) is 0 Å². The van der Waals surface area contributed by atoms with Gasteiger partial charge in [0.25, 0.3) is 0 Å². The van der Waals surface area contributed by atoms with Crippen LogP contribution in [0.25, 0.3) is 0 Å². The molecule has 1 aliphatic carbocycles. The summed E-state index contributed by atoms with van der Waals surface area (Å²) in [6.07, 6.45) is 14.8. The second-order valence-corrected chi connectivity index (χ2v) is 4.98. The highest BCUT2D eigenvalue weighted by molar-refractivity contribution is 5.11. The van der Waals surface area contributed by atoms with Gasteiger partial charge in [-0.05, 0) is 38.6 Å². The fraction of sp³-hybridized carbons (Fsp3) is 0.867. The molecule has 0 spiro atoms. The molecule has 1 atom stereocenters. The van der Waals surface area contributed by atoms with Gasteiger partial charge in [0.15, 0.2) is 0 Å². The van der Waals surface area contributed by atoms with E-state index in [9.17, 15) is 0 Å². The van der Waals surface area contributed by atoms with Crippen LogP contribution in [0.3, 0.4) is 0 Å². The summed E-state index contributed by atoms with van der Waals surface area (Å²) in [4.78, 5) is 0. The zero-order valence-corrected chi connectivity index (χ0v) is 11.2. The van der Waals surface area contributed by atoms with Gasteiger partial charge in [-0.3, -0.25) is 0 Å². The monoisotopic (exact) mass is 223 g/mol. The number of rotatable bonds is 6. The van der Waals surface area contributed by atoms with Gasteiger partial charge < -0.3 is 5.32 Å². The van der Waals surface area contributed by atoms with Crippen molar-refractivity contribution in [3.63, 3.8) is 0 Å². The molecule has 16 heavy (non-hydrogen) atoms. The second-order valence-electron chi connectivity index (χ2n) is 4.98. The van der Waals surface area contributed by atoms with E-state index in [1.165, 1.54) is 57.8 Å². The van der Waals surface area contributed by atoms with Crippen molar-refractivity contribution >= 4 is 0 Å². The summed E-state index contributed by atoms with van der Waals surface area (Å²) in [5.74, 6) is 0. The summed E-state index contributed by atoms with van der Waals surface area (Å²) in [6, 6.07) is 0.669. The molecule has 94 valence electrons. The van der Waals surface area contributed by atoms with Gasteiger partial charge in [-0.25, -0.2) is 0 Å². The van der Waals surface area contributed by atoms with Crippen LogP contribution in [-0.4, -0.2) is 12.6 Å². The molecule has 0 radical (unpaired) electrons. The number of allylic oxidation sites excluding steroid dienone is 1. The maximum atomic E-state index is 3.67. The summed E-state index contributed by atoms with van der Waals surface area (Å²) in [5.41, 5.74) is 1.70. The Morgan fingerprint density at radius 3 is 2.75 bits per heavy atom. The van der Waals surface area contributed by atoms with Crippen LogP contribution < -0.4 is 5.32 Å². The van der Waals surface area contributed by atoms with Gasteiger partial charge in [-0.2, -0.15) is 0 Å². The van der Waals surface area contributed by atoms with E-state index in [1.54, 1.807) is 5.57 Å². The maximum Gasteiger partial charge on any atom is 0.0279 e. The highest BCUT2D eigenvalue weighted by Gasteiger charge is 2.13. The third kappa shape index (κ3) is 5.16. The first-order valence-electron chi connectivity index (χ1n) is 7.30. The minimum atomic E-state index is 0.669. The number of unbranched alkanes of at least 4 members (excludes halogenated alkanes) is 1. The molecule has 1 unspecified atom stereocenters. The van der Waals surface area contributed by atoms with Crippen molar-refractivity contribution in [2.24, 2.45) is 0 Å². The van der Waals surface area contributed by atoms with Crippen LogP contribution in [0.2, 0.25) is 0 Å². The Morgan fingerprint density at radius 1 is 1.19 bits per heavy atom. The summed E-state index contributed by atoms with van der Waals surface area (Å²) < 4.78 is 0. The van der Waals surface area contributed by atoms with Gasteiger partial charge in [0.05, 0.1) is 0 Å². The van der Waals surface area contributed by atoms with E-state index in [1.807, 2.05) is 0 Å². The van der Waals surface area contributed by atoms with E-state index in [-0.39, 0.29) is 0 Å². The Labute approximate surface area is 102 Å². The Kier molecular flexibility index (Phi) is 7.58. The van der Waals surface area contributed by atoms with Gasteiger partial charge in [0.1, 0.15) is 0 Å². The van der Waals surface area contributed by atoms with Crippen LogP contribution in [-0.2, 0) is 0 Å². The third-order valence-electron chi connectivity index (χ3n) is 3.57. The molecule has 0 saturated carbocycles. The molecule has 1 rings (SSSR count). The molecular weight excluding hydrogens is 194 g/mol. The van der Waals surface area contributed by atoms with Crippen LogP contribution in [0.15, 0.2) is 11.6 Å². The molecule has 1 nitrogen and oxygen atoms in total. The highest BCUT2D eigenvalue weighted by Crippen LogP contribution is 2.22. The second kappa shape index (κ2) is 8.81. The van der Waals surface area contributed by atoms with Crippen molar-refractivity contribution in [3.05, 3.63) is 11.6 Å². The molecule has 0 saturated heterocycles. The topological polar surface area (TPSA) is 12.0 Å². The van der Waals surface area contributed by atoms with Gasteiger partial charge in [-0.15, -0.1) is 0 Å². The minimum Gasteiger partial charge on any atom is -0.311 e. The van der Waals surface area contributed by atoms with E-state index < -0.39 is 0 Å². The van der Waals surface area contributed by atoms with Crippen LogP contribution in [0.1, 0.15) is 71.6 Å². The predicted molar refractivity (Wildman–Crippen MR) is 72.8 cm³/mol. The number of hydrogen-bond acceptors (Lipinski definition) is 1. The lowest BCUT2D eigenvalue weighted by atomic mass is 9.92. The zero-order valence-electron chi connectivity index (χ0n) is 11.2. The number of nitrogens with one attached hydrogen (secondary N) is 1. The molecule has 0 amide bonds. The number of hydrogen-bond donors (Lipinski definition) is 1. The standard InChI is InChI=1S/C15H29N/c1-3-5-13-15(16-4-2)14-11-9-7-6-8-10-12-14/h11,15-16H,3-10,12-13H2,1-2H3. The van der Waals surface area contributed by atoms with Gasteiger partial charge >= 0.3 is 0 Å². The molecule has 1 N–H and O–H groups in total. The average Bonchev–Trinajstić information content (AvgIpc) is 2.24. The molecule has 0 aromatic rings. The summed E-state index contributed by atoms with van der Waals surface area (Å²) in [7, 11) is 0. The first kappa shape index (κ1) is 13.8. The van der Waals surface area contributed by atoms with Gasteiger partial charge in [0, 0.05) is 6.04 Å². The normalized spacial score (nSPS) is 19.8. The largest absolute Gasteiger partial charge is 0.311 e. The fourth-order valence-electron chi connectivity index (χ4n) is 2.61. The maximum absolute atomic E-state index is 3.67. The van der Waals surface area contributed by atoms with Crippen LogP contribution >= 0.6 is 0 Å². The van der Waals surface area contributed by atoms with E-state index in [0.717, 1.165) is 6.54 Å². The lowest BCUT2D eigenvalue weighted by Gasteiger charge is -2.23. The predicted octanol–water partition coefficient (Wildman–Crippen LogP) is 4.44. The van der Waals surface area contributed by atoms with E-state index in [0.29, 0.717) is 6.04 Å². The van der Waals surface area contributed by atoms with Crippen molar-refractivity contribution in [3.8, 4) is 0 Å². The molecule has 0 aliphatic heterocycles. The Balaban J connectivity index is 2.51. The summed E-state index contributed by atoms with van der Waals surface area (Å²) in [6.45, 7) is 5.61. The molecular formula is C15H29N. The Bertz CT molecular complexity index is 196. The molecule has 1 aliphatic rings. The minimum absolute atomic E-state index is 0.669. The van der Waals surface area contributed by atoms with E-state index in [2.05, 4.69) is 25.2 Å². The lowest BCUT2D eigenvalue weighted by Crippen LogP contribution is -2.31. The van der Waals surface area contributed by atoms with Gasteiger partial charge in [-0.1, -0.05) is 51.2 Å². The molecule has 1 heteroatoms. The SMILES string of the molecule is CCCCC(NCC)C1=CCCCCCC1. The highest BCUT2D eigenvalue weighted by atomic mass is 14.9. The average molecular weight is 223 g/mol.